The zero-order chi connectivity index (χ0) is 13.5. The Balaban J connectivity index is 2.73. The van der Waals surface area contributed by atoms with Crippen LogP contribution in [0.15, 0.2) is 24.3 Å². The number of anilines is 1. The summed E-state index contributed by atoms with van der Waals surface area (Å²) in [5.41, 5.74) is 1.30. The van der Waals surface area contributed by atoms with Crippen LogP contribution in [0.3, 0.4) is 0 Å². The van der Waals surface area contributed by atoms with Crippen LogP contribution in [0, 0.1) is 0 Å². The van der Waals surface area contributed by atoms with E-state index in [1.54, 1.807) is 29.2 Å². The summed E-state index contributed by atoms with van der Waals surface area (Å²) >= 11 is 0.999. The highest BCUT2D eigenvalue weighted by Crippen LogP contribution is 2.15. The molecule has 0 N–H and O–H groups in total. The first-order chi connectivity index (χ1) is 8.58. The second kappa shape index (κ2) is 6.96. The number of rotatable bonds is 6. The van der Waals surface area contributed by atoms with Gasteiger partial charge in [0.2, 0.25) is 6.41 Å². The van der Waals surface area contributed by atoms with Crippen LogP contribution >= 0.6 is 11.8 Å². The molecule has 0 saturated heterocycles. The number of nitrogens with zero attached hydrogens (tertiary/aromatic N) is 1. The van der Waals surface area contributed by atoms with Crippen molar-refractivity contribution in [2.75, 3.05) is 17.2 Å². The van der Waals surface area contributed by atoms with E-state index in [-0.39, 0.29) is 16.7 Å². The normalized spacial score (nSPS) is 9.89. The average molecular weight is 265 g/mol. The van der Waals surface area contributed by atoms with E-state index in [9.17, 15) is 14.4 Å². The molecule has 0 spiro atoms. The minimum Gasteiger partial charge on any atom is -0.315 e. The van der Waals surface area contributed by atoms with E-state index in [1.807, 2.05) is 6.92 Å². The molecule has 0 aliphatic carbocycles. The van der Waals surface area contributed by atoms with Gasteiger partial charge in [-0.1, -0.05) is 11.8 Å². The third-order valence-electron chi connectivity index (χ3n) is 2.40. The molecule has 0 aliphatic heterocycles. The summed E-state index contributed by atoms with van der Waals surface area (Å²) < 4.78 is 0. The summed E-state index contributed by atoms with van der Waals surface area (Å²) in [4.78, 5) is 34.8. The van der Waals surface area contributed by atoms with Gasteiger partial charge >= 0.3 is 0 Å². The molecule has 0 aliphatic rings. The van der Waals surface area contributed by atoms with E-state index >= 15 is 0 Å². The summed E-state index contributed by atoms with van der Waals surface area (Å²) in [6.45, 7) is 3.89. The van der Waals surface area contributed by atoms with Crippen LogP contribution in [-0.2, 0) is 9.59 Å². The minimum absolute atomic E-state index is 0.0712. The van der Waals surface area contributed by atoms with E-state index in [0.717, 1.165) is 23.9 Å². The summed E-state index contributed by atoms with van der Waals surface area (Å²) in [5, 5.41) is -0.0712. The first kappa shape index (κ1) is 14.4. The molecule has 1 aromatic carbocycles. The Morgan fingerprint density at radius 2 is 1.89 bits per heavy atom. The van der Waals surface area contributed by atoms with Crippen molar-refractivity contribution in [3.63, 3.8) is 0 Å². The zero-order valence-corrected chi connectivity index (χ0v) is 11.2. The Kier molecular flexibility index (Phi) is 5.58. The largest absolute Gasteiger partial charge is 0.315 e. The van der Waals surface area contributed by atoms with Gasteiger partial charge in [-0.05, 0) is 31.2 Å². The molecule has 5 heteroatoms. The van der Waals surface area contributed by atoms with E-state index in [1.165, 1.54) is 6.92 Å². The lowest BCUT2D eigenvalue weighted by molar-refractivity contribution is -0.109. The molecule has 96 valence electrons. The molecular formula is C13H15NO3S. The molecule has 4 nitrogen and oxygen atoms in total. The van der Waals surface area contributed by atoms with Gasteiger partial charge in [-0.25, -0.2) is 0 Å². The highest BCUT2D eigenvalue weighted by molar-refractivity contribution is 8.14. The van der Waals surface area contributed by atoms with Crippen molar-refractivity contribution in [3.05, 3.63) is 29.8 Å². The van der Waals surface area contributed by atoms with E-state index in [0.29, 0.717) is 12.1 Å². The van der Waals surface area contributed by atoms with Crippen LogP contribution in [0.2, 0.25) is 0 Å². The van der Waals surface area contributed by atoms with Crippen LogP contribution in [0.5, 0.6) is 0 Å². The number of benzene rings is 1. The van der Waals surface area contributed by atoms with Gasteiger partial charge in [-0.2, -0.15) is 0 Å². The standard InChI is InChI=1S/C13H15NO3S/c1-3-14(9-15)12-6-4-11(5-7-12)13(17)8-18-10(2)16/h4-7,9H,3,8H2,1-2H3. The molecular weight excluding hydrogens is 250 g/mol. The van der Waals surface area contributed by atoms with E-state index in [2.05, 4.69) is 0 Å². The second-order valence-electron chi connectivity index (χ2n) is 3.64. The summed E-state index contributed by atoms with van der Waals surface area (Å²) in [7, 11) is 0. The van der Waals surface area contributed by atoms with Crippen LogP contribution in [0.4, 0.5) is 5.69 Å². The predicted molar refractivity (Wildman–Crippen MR) is 73.0 cm³/mol. The number of hydrogen-bond donors (Lipinski definition) is 0. The summed E-state index contributed by atoms with van der Waals surface area (Å²) in [6.07, 6.45) is 0.752. The maximum absolute atomic E-state index is 11.7. The molecule has 0 bridgehead atoms. The number of Topliss-reactive ketones (excluding diaryl/α,β-unsaturated/α-hetero) is 1. The van der Waals surface area contributed by atoms with Gasteiger partial charge in [0.25, 0.3) is 0 Å². The zero-order valence-electron chi connectivity index (χ0n) is 10.4. The fraction of sp³-hybridized carbons (Fsp3) is 0.308. The molecule has 0 atom stereocenters. The molecule has 0 heterocycles. The van der Waals surface area contributed by atoms with Crippen molar-refractivity contribution >= 4 is 34.8 Å². The van der Waals surface area contributed by atoms with Crippen molar-refractivity contribution in [2.24, 2.45) is 0 Å². The number of carbonyl (C=O) groups is 3. The Morgan fingerprint density at radius 1 is 1.28 bits per heavy atom. The number of hydrogen-bond acceptors (Lipinski definition) is 4. The van der Waals surface area contributed by atoms with Gasteiger partial charge in [0, 0.05) is 24.7 Å². The van der Waals surface area contributed by atoms with Crippen LogP contribution in [-0.4, -0.2) is 29.6 Å². The molecule has 0 saturated carbocycles. The molecule has 0 fully saturated rings. The van der Waals surface area contributed by atoms with Crippen molar-refractivity contribution < 1.29 is 14.4 Å². The summed E-state index contributed by atoms with van der Waals surface area (Å²) in [6, 6.07) is 6.79. The smallest absolute Gasteiger partial charge is 0.214 e. The Labute approximate surface area is 110 Å². The highest BCUT2D eigenvalue weighted by atomic mass is 32.2. The number of thioether (sulfide) groups is 1. The summed E-state index contributed by atoms with van der Waals surface area (Å²) in [5.74, 6) is 0.0655. The lowest BCUT2D eigenvalue weighted by Gasteiger charge is -2.14. The quantitative estimate of drug-likeness (QED) is 0.584. The number of carbonyl (C=O) groups excluding carboxylic acids is 3. The minimum atomic E-state index is -0.0871. The number of amides is 1. The SMILES string of the molecule is CCN(C=O)c1ccc(C(=O)CSC(C)=O)cc1. The molecule has 0 unspecified atom stereocenters. The Morgan fingerprint density at radius 3 is 2.33 bits per heavy atom. The van der Waals surface area contributed by atoms with Gasteiger partial charge in [-0.15, -0.1) is 0 Å². The van der Waals surface area contributed by atoms with Crippen molar-refractivity contribution in [1.29, 1.82) is 0 Å². The first-order valence-corrected chi connectivity index (χ1v) is 6.55. The Hall–Kier alpha value is -1.62. The molecule has 1 amide bonds. The lowest BCUT2D eigenvalue weighted by atomic mass is 10.1. The van der Waals surface area contributed by atoms with E-state index in [4.69, 9.17) is 0 Å². The maximum Gasteiger partial charge on any atom is 0.214 e. The van der Waals surface area contributed by atoms with Gasteiger partial charge < -0.3 is 4.90 Å². The third-order valence-corrected chi connectivity index (χ3v) is 3.21. The van der Waals surface area contributed by atoms with Gasteiger partial charge in [-0.3, -0.25) is 14.4 Å². The third kappa shape index (κ3) is 4.00. The predicted octanol–water partition coefficient (Wildman–Crippen LogP) is 2.13. The van der Waals surface area contributed by atoms with Crippen LogP contribution in [0.1, 0.15) is 24.2 Å². The number of ketones is 1. The van der Waals surface area contributed by atoms with E-state index < -0.39 is 0 Å². The molecule has 0 radical (unpaired) electrons. The van der Waals surface area contributed by atoms with Crippen LogP contribution < -0.4 is 4.90 Å². The monoisotopic (exact) mass is 265 g/mol. The van der Waals surface area contributed by atoms with Gasteiger partial charge in [0.05, 0.1) is 5.75 Å². The van der Waals surface area contributed by atoms with Crippen LogP contribution in [0.25, 0.3) is 0 Å². The average Bonchev–Trinajstić information content (AvgIpc) is 2.38. The molecule has 1 rings (SSSR count). The molecule has 18 heavy (non-hydrogen) atoms. The lowest BCUT2D eigenvalue weighted by Crippen LogP contribution is -2.20. The maximum atomic E-state index is 11.7. The topological polar surface area (TPSA) is 54.5 Å². The fourth-order valence-corrected chi connectivity index (χ4v) is 1.91. The highest BCUT2D eigenvalue weighted by Gasteiger charge is 2.09. The van der Waals surface area contributed by atoms with Gasteiger partial charge in [0.15, 0.2) is 10.9 Å². The van der Waals surface area contributed by atoms with Crippen molar-refractivity contribution in [1.82, 2.24) is 0 Å². The first-order valence-electron chi connectivity index (χ1n) is 5.57. The van der Waals surface area contributed by atoms with Crippen molar-refractivity contribution in [2.45, 2.75) is 13.8 Å². The fourth-order valence-electron chi connectivity index (χ4n) is 1.41. The van der Waals surface area contributed by atoms with Crippen molar-refractivity contribution in [3.8, 4) is 0 Å². The second-order valence-corrected chi connectivity index (χ2v) is 4.79. The van der Waals surface area contributed by atoms with Gasteiger partial charge in [0.1, 0.15) is 0 Å². The molecule has 0 aromatic heterocycles. The Bertz CT molecular complexity index is 442. The molecule has 1 aromatic rings.